The Kier molecular flexibility index (Phi) is 1.96. The maximum atomic E-state index is 11.3. The van der Waals surface area contributed by atoms with Crippen LogP contribution in [0.2, 0.25) is 0 Å². The Labute approximate surface area is 80.5 Å². The molecule has 4 heteroatoms. The topological polar surface area (TPSA) is 52.3 Å². The van der Waals surface area contributed by atoms with E-state index in [1.54, 1.807) is 12.1 Å². The van der Waals surface area contributed by atoms with E-state index in [0.717, 1.165) is 5.56 Å². The van der Waals surface area contributed by atoms with Crippen LogP contribution in [0.3, 0.4) is 0 Å². The van der Waals surface area contributed by atoms with Gasteiger partial charge in [0.05, 0.1) is 12.7 Å². The molecule has 0 aliphatic carbocycles. The molecule has 2 aromatic rings. The van der Waals surface area contributed by atoms with Crippen molar-refractivity contribution in [2.45, 2.75) is 6.92 Å². The summed E-state index contributed by atoms with van der Waals surface area (Å²) in [6.45, 7) is 1.86. The molecule has 1 aromatic heterocycles. The summed E-state index contributed by atoms with van der Waals surface area (Å²) in [5.74, 6) is -0.363. The summed E-state index contributed by atoms with van der Waals surface area (Å²) in [7, 11) is 1.35. The quantitative estimate of drug-likeness (QED) is 0.646. The zero-order valence-electron chi connectivity index (χ0n) is 7.90. The van der Waals surface area contributed by atoms with Crippen LogP contribution in [-0.2, 0) is 4.74 Å². The molecule has 72 valence electrons. The molecule has 0 amide bonds. The van der Waals surface area contributed by atoms with Crippen molar-refractivity contribution in [3.63, 3.8) is 0 Å². The molecule has 0 aliphatic heterocycles. The van der Waals surface area contributed by atoms with Crippen molar-refractivity contribution in [2.24, 2.45) is 0 Å². The molecular formula is C10H9NO3. The fourth-order valence-corrected chi connectivity index (χ4v) is 1.38. The number of aromatic nitrogens is 1. The van der Waals surface area contributed by atoms with Crippen molar-refractivity contribution in [2.75, 3.05) is 7.11 Å². The molecule has 0 N–H and O–H groups in total. The molecule has 2 rings (SSSR count). The molecule has 0 spiro atoms. The van der Waals surface area contributed by atoms with Crippen molar-refractivity contribution in [1.29, 1.82) is 0 Å². The number of benzene rings is 1. The van der Waals surface area contributed by atoms with Crippen molar-refractivity contribution in [1.82, 2.24) is 4.98 Å². The van der Waals surface area contributed by atoms with Gasteiger partial charge < -0.3 is 9.15 Å². The fraction of sp³-hybridized carbons (Fsp3) is 0.200. The highest BCUT2D eigenvalue weighted by molar-refractivity contribution is 5.94. The lowest BCUT2D eigenvalue weighted by atomic mass is 10.1. The fourth-order valence-electron chi connectivity index (χ4n) is 1.38. The summed E-state index contributed by atoms with van der Waals surface area (Å²) in [5.41, 5.74) is 2.75. The lowest BCUT2D eigenvalue weighted by Gasteiger charge is -2.00. The van der Waals surface area contributed by atoms with Gasteiger partial charge in [0.2, 0.25) is 0 Å². The lowest BCUT2D eigenvalue weighted by Crippen LogP contribution is -2.01. The first-order chi connectivity index (χ1) is 6.72. The van der Waals surface area contributed by atoms with E-state index >= 15 is 0 Å². The zero-order valence-corrected chi connectivity index (χ0v) is 7.90. The average molecular weight is 191 g/mol. The van der Waals surface area contributed by atoms with E-state index in [0.29, 0.717) is 16.7 Å². The van der Waals surface area contributed by atoms with Gasteiger partial charge >= 0.3 is 5.97 Å². The number of esters is 1. The number of carbonyl (C=O) groups is 1. The van der Waals surface area contributed by atoms with Gasteiger partial charge in [0.25, 0.3) is 0 Å². The van der Waals surface area contributed by atoms with Crippen molar-refractivity contribution >= 4 is 17.1 Å². The summed E-state index contributed by atoms with van der Waals surface area (Å²) in [6.07, 6.45) is 1.36. The Hall–Kier alpha value is -1.84. The van der Waals surface area contributed by atoms with Crippen LogP contribution in [-0.4, -0.2) is 18.1 Å². The van der Waals surface area contributed by atoms with Crippen LogP contribution in [0.5, 0.6) is 0 Å². The Balaban J connectivity index is 2.64. The van der Waals surface area contributed by atoms with E-state index in [4.69, 9.17) is 4.42 Å². The third-order valence-electron chi connectivity index (χ3n) is 2.04. The minimum Gasteiger partial charge on any atom is -0.465 e. The number of rotatable bonds is 1. The number of oxazole rings is 1. The van der Waals surface area contributed by atoms with Gasteiger partial charge in [-0.3, -0.25) is 0 Å². The second kappa shape index (κ2) is 3.14. The number of methoxy groups -OCH3 is 1. The van der Waals surface area contributed by atoms with Crippen molar-refractivity contribution < 1.29 is 13.9 Å². The van der Waals surface area contributed by atoms with Crippen LogP contribution in [0.25, 0.3) is 11.1 Å². The van der Waals surface area contributed by atoms with Gasteiger partial charge in [0.15, 0.2) is 12.0 Å². The number of hydrogen-bond donors (Lipinski definition) is 0. The molecule has 0 aliphatic rings. The molecule has 0 radical (unpaired) electrons. The third kappa shape index (κ3) is 1.25. The smallest absolute Gasteiger partial charge is 0.337 e. The average Bonchev–Trinajstić information content (AvgIpc) is 2.64. The highest BCUT2D eigenvalue weighted by atomic mass is 16.5. The number of fused-ring (bicyclic) bond motifs is 1. The van der Waals surface area contributed by atoms with Gasteiger partial charge in [-0.1, -0.05) is 0 Å². The third-order valence-corrected chi connectivity index (χ3v) is 2.04. The number of carbonyl (C=O) groups excluding carboxylic acids is 1. The molecule has 0 unspecified atom stereocenters. The molecule has 1 aromatic carbocycles. The number of nitrogens with zero attached hydrogens (tertiary/aromatic N) is 1. The maximum absolute atomic E-state index is 11.3. The first-order valence-corrected chi connectivity index (χ1v) is 4.14. The van der Waals surface area contributed by atoms with Crippen LogP contribution < -0.4 is 0 Å². The van der Waals surface area contributed by atoms with E-state index in [1.165, 1.54) is 13.5 Å². The summed E-state index contributed by atoms with van der Waals surface area (Å²) >= 11 is 0. The van der Waals surface area contributed by atoms with E-state index in [2.05, 4.69) is 9.72 Å². The molecular weight excluding hydrogens is 182 g/mol. The van der Waals surface area contributed by atoms with Gasteiger partial charge in [0.1, 0.15) is 5.52 Å². The van der Waals surface area contributed by atoms with E-state index in [-0.39, 0.29) is 5.97 Å². The Morgan fingerprint density at radius 2 is 2.29 bits per heavy atom. The molecule has 0 fully saturated rings. The highest BCUT2D eigenvalue weighted by Gasteiger charge is 2.10. The minimum atomic E-state index is -0.363. The number of hydrogen-bond acceptors (Lipinski definition) is 4. The van der Waals surface area contributed by atoms with Gasteiger partial charge in [-0.05, 0) is 24.6 Å². The SMILES string of the molecule is COC(=O)c1cc(C)c2ocnc2c1. The van der Waals surface area contributed by atoms with Gasteiger partial charge in [0, 0.05) is 0 Å². The van der Waals surface area contributed by atoms with Crippen LogP contribution in [0.15, 0.2) is 22.9 Å². The van der Waals surface area contributed by atoms with E-state index in [1.807, 2.05) is 6.92 Å². The van der Waals surface area contributed by atoms with Crippen LogP contribution >= 0.6 is 0 Å². The summed E-state index contributed by atoms with van der Waals surface area (Å²) in [6, 6.07) is 3.37. The zero-order chi connectivity index (χ0) is 10.1. The van der Waals surface area contributed by atoms with Crippen molar-refractivity contribution in [3.8, 4) is 0 Å². The van der Waals surface area contributed by atoms with Crippen LogP contribution in [0.4, 0.5) is 0 Å². The number of ether oxygens (including phenoxy) is 1. The van der Waals surface area contributed by atoms with Gasteiger partial charge in [-0.15, -0.1) is 0 Å². The molecule has 1 heterocycles. The van der Waals surface area contributed by atoms with Gasteiger partial charge in [-0.2, -0.15) is 0 Å². The summed E-state index contributed by atoms with van der Waals surface area (Å²) in [4.78, 5) is 15.2. The van der Waals surface area contributed by atoms with Crippen LogP contribution in [0, 0.1) is 6.92 Å². The molecule has 4 nitrogen and oxygen atoms in total. The molecule has 14 heavy (non-hydrogen) atoms. The Morgan fingerprint density at radius 3 is 3.00 bits per heavy atom. The van der Waals surface area contributed by atoms with Gasteiger partial charge in [-0.25, -0.2) is 9.78 Å². The standard InChI is InChI=1S/C10H9NO3/c1-6-3-7(10(12)13-2)4-8-9(6)14-5-11-8/h3-5H,1-2H3. The minimum absolute atomic E-state index is 0.363. The van der Waals surface area contributed by atoms with E-state index < -0.39 is 0 Å². The predicted molar refractivity (Wildman–Crippen MR) is 50.1 cm³/mol. The summed E-state index contributed by atoms with van der Waals surface area (Å²) in [5, 5.41) is 0. The molecule has 0 bridgehead atoms. The number of aryl methyl sites for hydroxylation is 1. The molecule has 0 saturated carbocycles. The second-order valence-corrected chi connectivity index (χ2v) is 2.99. The summed E-state index contributed by atoms with van der Waals surface area (Å²) < 4.78 is 9.77. The second-order valence-electron chi connectivity index (χ2n) is 2.99. The molecule has 0 saturated heterocycles. The maximum Gasteiger partial charge on any atom is 0.337 e. The highest BCUT2D eigenvalue weighted by Crippen LogP contribution is 2.19. The normalized spacial score (nSPS) is 10.4. The Bertz CT molecular complexity index is 487. The van der Waals surface area contributed by atoms with Crippen molar-refractivity contribution in [3.05, 3.63) is 29.7 Å². The first-order valence-electron chi connectivity index (χ1n) is 4.14. The largest absolute Gasteiger partial charge is 0.465 e. The van der Waals surface area contributed by atoms with E-state index in [9.17, 15) is 4.79 Å². The Morgan fingerprint density at radius 1 is 1.50 bits per heavy atom. The first kappa shape index (κ1) is 8.74. The molecule has 0 atom stereocenters. The predicted octanol–water partition coefficient (Wildman–Crippen LogP) is 1.92. The monoisotopic (exact) mass is 191 g/mol. The van der Waals surface area contributed by atoms with Crippen LogP contribution in [0.1, 0.15) is 15.9 Å². The lowest BCUT2D eigenvalue weighted by molar-refractivity contribution is 0.0601.